The van der Waals surface area contributed by atoms with Gasteiger partial charge >= 0.3 is 0 Å². The second-order valence-corrected chi connectivity index (χ2v) is 4.13. The number of hydrogen-bond acceptors (Lipinski definition) is 1. The molecule has 0 aromatic heterocycles. The van der Waals surface area contributed by atoms with Gasteiger partial charge in [-0.05, 0) is 49.1 Å². The first-order chi connectivity index (χ1) is 6.27. The first kappa shape index (κ1) is 9.04. The standard InChI is InChI=1S/C11H14ClN/c1-8-6-10(12)2-3-11(8)9-4-5-13-7-9/h2-3,6,9,13H,4-5,7H2,1H3. The molecule has 1 unspecified atom stereocenters. The van der Waals surface area contributed by atoms with E-state index in [2.05, 4.69) is 24.4 Å². The molecule has 0 saturated carbocycles. The predicted molar refractivity (Wildman–Crippen MR) is 56.4 cm³/mol. The molecule has 1 nitrogen and oxygen atoms in total. The molecule has 0 aliphatic carbocycles. The van der Waals surface area contributed by atoms with E-state index in [-0.39, 0.29) is 0 Å². The highest BCUT2D eigenvalue weighted by Crippen LogP contribution is 2.26. The van der Waals surface area contributed by atoms with Gasteiger partial charge in [-0.25, -0.2) is 0 Å². The lowest BCUT2D eigenvalue weighted by molar-refractivity contribution is 0.757. The van der Waals surface area contributed by atoms with Crippen molar-refractivity contribution < 1.29 is 0 Å². The van der Waals surface area contributed by atoms with Gasteiger partial charge in [-0.1, -0.05) is 17.7 Å². The largest absolute Gasteiger partial charge is 0.316 e. The summed E-state index contributed by atoms with van der Waals surface area (Å²) in [6, 6.07) is 6.20. The van der Waals surface area contributed by atoms with Gasteiger partial charge < -0.3 is 5.32 Å². The number of rotatable bonds is 1. The molecule has 1 fully saturated rings. The Morgan fingerprint density at radius 1 is 1.46 bits per heavy atom. The van der Waals surface area contributed by atoms with Gasteiger partial charge in [-0.3, -0.25) is 0 Å². The van der Waals surface area contributed by atoms with Gasteiger partial charge in [0.25, 0.3) is 0 Å². The van der Waals surface area contributed by atoms with Crippen molar-refractivity contribution in [2.75, 3.05) is 13.1 Å². The lowest BCUT2D eigenvalue weighted by Gasteiger charge is -2.12. The molecule has 1 heterocycles. The maximum atomic E-state index is 5.91. The Bertz CT molecular complexity index is 303. The SMILES string of the molecule is Cc1cc(Cl)ccc1C1CCNC1. The van der Waals surface area contributed by atoms with Crippen molar-refractivity contribution in [3.8, 4) is 0 Å². The fourth-order valence-electron chi connectivity index (χ4n) is 2.02. The average Bonchev–Trinajstić information content (AvgIpc) is 2.56. The zero-order valence-electron chi connectivity index (χ0n) is 7.81. The van der Waals surface area contributed by atoms with Crippen LogP contribution in [0.25, 0.3) is 0 Å². The van der Waals surface area contributed by atoms with Crippen LogP contribution in [0.2, 0.25) is 5.02 Å². The molecular formula is C11H14ClN. The van der Waals surface area contributed by atoms with Gasteiger partial charge in [-0.2, -0.15) is 0 Å². The minimum absolute atomic E-state index is 0.692. The Balaban J connectivity index is 2.29. The van der Waals surface area contributed by atoms with Crippen LogP contribution in [0.3, 0.4) is 0 Å². The quantitative estimate of drug-likeness (QED) is 0.727. The summed E-state index contributed by atoms with van der Waals surface area (Å²) >= 11 is 5.91. The van der Waals surface area contributed by atoms with Crippen molar-refractivity contribution in [2.24, 2.45) is 0 Å². The monoisotopic (exact) mass is 195 g/mol. The van der Waals surface area contributed by atoms with E-state index < -0.39 is 0 Å². The van der Waals surface area contributed by atoms with Crippen LogP contribution >= 0.6 is 11.6 Å². The molecule has 1 aliphatic rings. The number of halogens is 1. The van der Waals surface area contributed by atoms with Crippen molar-refractivity contribution >= 4 is 11.6 Å². The first-order valence-corrected chi connectivity index (χ1v) is 5.12. The number of nitrogens with one attached hydrogen (secondary N) is 1. The molecule has 70 valence electrons. The number of benzene rings is 1. The fourth-order valence-corrected chi connectivity index (χ4v) is 2.24. The van der Waals surface area contributed by atoms with E-state index >= 15 is 0 Å². The molecule has 1 aliphatic heterocycles. The summed E-state index contributed by atoms with van der Waals surface area (Å²) in [5.41, 5.74) is 2.77. The second kappa shape index (κ2) is 3.69. The lowest BCUT2D eigenvalue weighted by atomic mass is 9.94. The lowest BCUT2D eigenvalue weighted by Crippen LogP contribution is -2.08. The van der Waals surface area contributed by atoms with Crippen LogP contribution in [-0.2, 0) is 0 Å². The third kappa shape index (κ3) is 1.87. The van der Waals surface area contributed by atoms with Crippen LogP contribution in [0.15, 0.2) is 18.2 Å². The molecule has 1 saturated heterocycles. The van der Waals surface area contributed by atoms with E-state index in [9.17, 15) is 0 Å². The van der Waals surface area contributed by atoms with E-state index in [0.717, 1.165) is 18.1 Å². The van der Waals surface area contributed by atoms with Gasteiger partial charge in [0, 0.05) is 11.6 Å². The molecule has 1 atom stereocenters. The highest BCUT2D eigenvalue weighted by Gasteiger charge is 2.17. The topological polar surface area (TPSA) is 12.0 Å². The summed E-state index contributed by atoms with van der Waals surface area (Å²) in [6.07, 6.45) is 1.25. The zero-order chi connectivity index (χ0) is 9.26. The average molecular weight is 196 g/mol. The minimum atomic E-state index is 0.692. The smallest absolute Gasteiger partial charge is 0.0408 e. The second-order valence-electron chi connectivity index (χ2n) is 3.69. The molecule has 1 N–H and O–H groups in total. The van der Waals surface area contributed by atoms with Gasteiger partial charge in [0.05, 0.1) is 0 Å². The maximum Gasteiger partial charge on any atom is 0.0408 e. The third-order valence-corrected chi connectivity index (χ3v) is 2.97. The van der Waals surface area contributed by atoms with Crippen molar-refractivity contribution in [3.63, 3.8) is 0 Å². The predicted octanol–water partition coefficient (Wildman–Crippen LogP) is 2.73. The minimum Gasteiger partial charge on any atom is -0.316 e. The third-order valence-electron chi connectivity index (χ3n) is 2.73. The highest BCUT2D eigenvalue weighted by atomic mass is 35.5. The van der Waals surface area contributed by atoms with Crippen LogP contribution in [0.1, 0.15) is 23.5 Å². The Hall–Kier alpha value is -0.530. The van der Waals surface area contributed by atoms with Crippen molar-refractivity contribution in [2.45, 2.75) is 19.3 Å². The van der Waals surface area contributed by atoms with Crippen molar-refractivity contribution in [1.29, 1.82) is 0 Å². The van der Waals surface area contributed by atoms with E-state index in [1.807, 2.05) is 6.07 Å². The van der Waals surface area contributed by atoms with Crippen LogP contribution < -0.4 is 5.32 Å². The number of hydrogen-bond donors (Lipinski definition) is 1. The normalized spacial score (nSPS) is 22.2. The van der Waals surface area contributed by atoms with Crippen LogP contribution in [0, 0.1) is 6.92 Å². The van der Waals surface area contributed by atoms with E-state index in [4.69, 9.17) is 11.6 Å². The van der Waals surface area contributed by atoms with Crippen LogP contribution in [0.4, 0.5) is 0 Å². The summed E-state index contributed by atoms with van der Waals surface area (Å²) in [5, 5.41) is 4.22. The summed E-state index contributed by atoms with van der Waals surface area (Å²) in [5.74, 6) is 0.692. The van der Waals surface area contributed by atoms with Crippen LogP contribution in [0.5, 0.6) is 0 Å². The maximum absolute atomic E-state index is 5.91. The summed E-state index contributed by atoms with van der Waals surface area (Å²) < 4.78 is 0. The molecule has 1 aromatic rings. The Morgan fingerprint density at radius 3 is 2.92 bits per heavy atom. The van der Waals surface area contributed by atoms with E-state index in [1.54, 1.807) is 0 Å². The van der Waals surface area contributed by atoms with Gasteiger partial charge in [0.2, 0.25) is 0 Å². The van der Waals surface area contributed by atoms with E-state index in [0.29, 0.717) is 5.92 Å². The zero-order valence-corrected chi connectivity index (χ0v) is 8.56. The molecule has 0 bridgehead atoms. The highest BCUT2D eigenvalue weighted by molar-refractivity contribution is 6.30. The Labute approximate surface area is 84.1 Å². The summed E-state index contributed by atoms with van der Waals surface area (Å²) in [6.45, 7) is 4.40. The molecule has 0 amide bonds. The van der Waals surface area contributed by atoms with Gasteiger partial charge in [0.15, 0.2) is 0 Å². The molecule has 2 rings (SSSR count). The molecule has 13 heavy (non-hydrogen) atoms. The summed E-state index contributed by atoms with van der Waals surface area (Å²) in [7, 11) is 0. The Morgan fingerprint density at radius 2 is 2.31 bits per heavy atom. The van der Waals surface area contributed by atoms with Crippen molar-refractivity contribution in [3.05, 3.63) is 34.3 Å². The fraction of sp³-hybridized carbons (Fsp3) is 0.455. The molecule has 0 spiro atoms. The van der Waals surface area contributed by atoms with Crippen LogP contribution in [-0.4, -0.2) is 13.1 Å². The molecular weight excluding hydrogens is 182 g/mol. The molecule has 2 heteroatoms. The van der Waals surface area contributed by atoms with E-state index in [1.165, 1.54) is 17.5 Å². The van der Waals surface area contributed by atoms with Gasteiger partial charge in [-0.15, -0.1) is 0 Å². The summed E-state index contributed by atoms with van der Waals surface area (Å²) in [4.78, 5) is 0. The van der Waals surface area contributed by atoms with Crippen molar-refractivity contribution in [1.82, 2.24) is 5.32 Å². The number of aryl methyl sites for hydroxylation is 1. The molecule has 0 radical (unpaired) electrons. The molecule has 1 aromatic carbocycles. The Kier molecular flexibility index (Phi) is 2.56. The first-order valence-electron chi connectivity index (χ1n) is 4.74. The van der Waals surface area contributed by atoms with Gasteiger partial charge in [0.1, 0.15) is 0 Å².